The standard InChI is InChI=1S/C19H28NO10PS/c1-10(2)14-7-13(29-9-16(21)22)8-15-17(14)18(23)20(32(15,27)28)19(11(3)4,12(5)6)30-31(24,25)26/h7-8,10-12H,9H2,1-6H3,(H,21,22)(H2,24,25,26). The Labute approximate surface area is 186 Å². The molecule has 1 aliphatic heterocycles. The Kier molecular flexibility index (Phi) is 7.19. The predicted octanol–water partition coefficient (Wildman–Crippen LogP) is 2.54. The molecule has 0 unspecified atom stereocenters. The molecule has 0 saturated carbocycles. The van der Waals surface area contributed by atoms with Crippen LogP contribution in [0.4, 0.5) is 0 Å². The lowest BCUT2D eigenvalue weighted by Crippen LogP contribution is -2.59. The molecule has 1 amide bonds. The molecule has 0 saturated heterocycles. The number of carboxylic acids is 1. The van der Waals surface area contributed by atoms with E-state index in [2.05, 4.69) is 0 Å². The molecule has 32 heavy (non-hydrogen) atoms. The number of aliphatic carboxylic acids is 1. The van der Waals surface area contributed by atoms with Gasteiger partial charge in [0.1, 0.15) is 10.6 Å². The summed E-state index contributed by atoms with van der Waals surface area (Å²) in [7, 11) is -9.88. The average Bonchev–Trinajstić information content (AvgIpc) is 2.82. The highest BCUT2D eigenvalue weighted by atomic mass is 32.2. The van der Waals surface area contributed by atoms with Crippen molar-refractivity contribution < 1.29 is 46.7 Å². The van der Waals surface area contributed by atoms with Crippen LogP contribution in [-0.4, -0.2) is 51.8 Å². The van der Waals surface area contributed by atoms with Crippen LogP contribution in [0.1, 0.15) is 63.4 Å². The first-order valence-electron chi connectivity index (χ1n) is 9.85. The highest BCUT2D eigenvalue weighted by molar-refractivity contribution is 7.90. The van der Waals surface area contributed by atoms with Crippen LogP contribution in [0.3, 0.4) is 0 Å². The number of nitrogens with zero attached hydrogens (tertiary/aromatic N) is 1. The molecule has 0 radical (unpaired) electrons. The summed E-state index contributed by atoms with van der Waals surface area (Å²) in [5.74, 6) is -4.35. The maximum Gasteiger partial charge on any atom is 0.471 e. The average molecular weight is 493 g/mol. The Morgan fingerprint density at radius 2 is 1.66 bits per heavy atom. The highest BCUT2D eigenvalue weighted by Gasteiger charge is 2.60. The lowest BCUT2D eigenvalue weighted by atomic mass is 9.87. The van der Waals surface area contributed by atoms with E-state index in [0.717, 1.165) is 6.07 Å². The number of fused-ring (bicyclic) bond motifs is 1. The lowest BCUT2D eigenvalue weighted by Gasteiger charge is -2.45. The third kappa shape index (κ3) is 4.55. The fourth-order valence-electron chi connectivity index (χ4n) is 3.96. The molecule has 3 N–H and O–H groups in total. The molecular formula is C19H28NO10PS. The third-order valence-corrected chi connectivity index (χ3v) is 7.58. The number of ether oxygens (including phenoxy) is 1. The van der Waals surface area contributed by atoms with Gasteiger partial charge in [0.2, 0.25) is 0 Å². The monoisotopic (exact) mass is 493 g/mol. The van der Waals surface area contributed by atoms with Crippen molar-refractivity contribution >= 4 is 29.7 Å². The molecule has 0 aliphatic carbocycles. The Bertz CT molecular complexity index is 1070. The van der Waals surface area contributed by atoms with Crippen molar-refractivity contribution in [2.45, 2.75) is 58.1 Å². The molecule has 0 atom stereocenters. The summed E-state index contributed by atoms with van der Waals surface area (Å²) in [6, 6.07) is 2.43. The summed E-state index contributed by atoms with van der Waals surface area (Å²) >= 11 is 0. The molecule has 0 aromatic heterocycles. The number of sulfonamides is 1. The molecule has 180 valence electrons. The Balaban J connectivity index is 2.84. The first-order valence-corrected chi connectivity index (χ1v) is 12.8. The first kappa shape index (κ1) is 26.3. The van der Waals surface area contributed by atoms with Gasteiger partial charge in [0.05, 0.1) is 5.56 Å². The van der Waals surface area contributed by atoms with Crippen molar-refractivity contribution in [2.24, 2.45) is 11.8 Å². The number of carboxylic acid groups (broad SMARTS) is 1. The zero-order valence-corrected chi connectivity index (χ0v) is 20.3. The Morgan fingerprint density at radius 3 is 2.06 bits per heavy atom. The number of rotatable bonds is 9. The van der Waals surface area contributed by atoms with Crippen molar-refractivity contribution in [1.82, 2.24) is 4.31 Å². The molecule has 1 aliphatic rings. The van der Waals surface area contributed by atoms with E-state index in [9.17, 15) is 32.4 Å². The van der Waals surface area contributed by atoms with E-state index in [1.165, 1.54) is 33.8 Å². The highest BCUT2D eigenvalue weighted by Crippen LogP contribution is 2.53. The molecule has 2 rings (SSSR count). The maximum absolute atomic E-state index is 13.6. The van der Waals surface area contributed by atoms with Crippen LogP contribution in [0, 0.1) is 11.8 Å². The van der Waals surface area contributed by atoms with E-state index in [0.29, 0.717) is 4.31 Å². The van der Waals surface area contributed by atoms with Crippen LogP contribution in [0.5, 0.6) is 5.75 Å². The Morgan fingerprint density at radius 1 is 1.12 bits per heavy atom. The molecule has 0 bridgehead atoms. The maximum atomic E-state index is 13.6. The first-order chi connectivity index (χ1) is 14.5. The Hall–Kier alpha value is -1.98. The summed E-state index contributed by atoms with van der Waals surface area (Å²) in [5, 5.41) is 8.87. The van der Waals surface area contributed by atoms with Crippen molar-refractivity contribution in [3.05, 3.63) is 23.3 Å². The van der Waals surface area contributed by atoms with Gasteiger partial charge in [0.25, 0.3) is 15.9 Å². The summed E-state index contributed by atoms with van der Waals surface area (Å²) in [6.07, 6.45) is 0. The summed E-state index contributed by atoms with van der Waals surface area (Å²) < 4.78 is 49.7. The molecule has 0 fully saturated rings. The van der Waals surface area contributed by atoms with Gasteiger partial charge >= 0.3 is 13.8 Å². The van der Waals surface area contributed by atoms with Crippen molar-refractivity contribution in [2.75, 3.05) is 6.61 Å². The zero-order chi connectivity index (χ0) is 24.8. The van der Waals surface area contributed by atoms with Gasteiger partial charge in [0.15, 0.2) is 12.3 Å². The number of phosphoric acid groups is 1. The van der Waals surface area contributed by atoms with Gasteiger partial charge in [-0.2, -0.15) is 4.31 Å². The molecule has 0 spiro atoms. The van der Waals surface area contributed by atoms with Gasteiger partial charge < -0.3 is 19.6 Å². The van der Waals surface area contributed by atoms with E-state index >= 15 is 0 Å². The molecule has 11 nitrogen and oxygen atoms in total. The molecular weight excluding hydrogens is 465 g/mol. The topological polar surface area (TPSA) is 168 Å². The second kappa shape index (κ2) is 8.75. The van der Waals surface area contributed by atoms with E-state index in [-0.39, 0.29) is 22.8 Å². The fourth-order valence-corrected chi connectivity index (χ4v) is 6.97. The smallest absolute Gasteiger partial charge is 0.471 e. The number of phosphoric ester groups is 1. The normalized spacial score (nSPS) is 16.2. The van der Waals surface area contributed by atoms with E-state index < -0.39 is 58.8 Å². The molecule has 1 aromatic rings. The van der Waals surface area contributed by atoms with Crippen LogP contribution < -0.4 is 4.74 Å². The second-order valence-electron chi connectivity index (χ2n) is 8.44. The van der Waals surface area contributed by atoms with Crippen LogP contribution in [0.25, 0.3) is 0 Å². The lowest BCUT2D eigenvalue weighted by molar-refractivity contribution is -0.139. The van der Waals surface area contributed by atoms with E-state index in [4.69, 9.17) is 14.4 Å². The van der Waals surface area contributed by atoms with Crippen LogP contribution in [0.15, 0.2) is 17.0 Å². The quantitative estimate of drug-likeness (QED) is 0.435. The van der Waals surface area contributed by atoms with Crippen molar-refractivity contribution in [1.29, 1.82) is 0 Å². The van der Waals surface area contributed by atoms with Gasteiger partial charge in [-0.1, -0.05) is 41.5 Å². The fraction of sp³-hybridized carbons (Fsp3) is 0.579. The minimum absolute atomic E-state index is 0.0660. The van der Waals surface area contributed by atoms with Gasteiger partial charge in [-0.3, -0.25) is 9.32 Å². The summed E-state index contributed by atoms with van der Waals surface area (Å²) in [5.41, 5.74) is -2.07. The number of carbonyl (C=O) groups is 2. The van der Waals surface area contributed by atoms with Gasteiger partial charge in [-0.25, -0.2) is 17.8 Å². The molecule has 1 aromatic carbocycles. The van der Waals surface area contributed by atoms with E-state index in [1.807, 2.05) is 0 Å². The third-order valence-electron chi connectivity index (χ3n) is 5.24. The van der Waals surface area contributed by atoms with Gasteiger partial charge in [-0.15, -0.1) is 0 Å². The number of carbonyl (C=O) groups excluding carboxylic acids is 1. The number of hydrogen-bond donors (Lipinski definition) is 3. The summed E-state index contributed by atoms with van der Waals surface area (Å²) in [4.78, 5) is 43.1. The number of hydrogen-bond acceptors (Lipinski definition) is 7. The second-order valence-corrected chi connectivity index (χ2v) is 11.4. The summed E-state index contributed by atoms with van der Waals surface area (Å²) in [6.45, 7) is 8.67. The predicted molar refractivity (Wildman–Crippen MR) is 113 cm³/mol. The molecule has 13 heteroatoms. The van der Waals surface area contributed by atoms with Crippen LogP contribution >= 0.6 is 7.82 Å². The van der Waals surface area contributed by atoms with Gasteiger partial charge in [0, 0.05) is 17.9 Å². The number of benzene rings is 1. The van der Waals surface area contributed by atoms with Crippen LogP contribution in [-0.2, 0) is 23.9 Å². The van der Waals surface area contributed by atoms with Crippen molar-refractivity contribution in [3.63, 3.8) is 0 Å². The largest absolute Gasteiger partial charge is 0.482 e. The number of amides is 1. The molecule has 1 heterocycles. The minimum atomic E-state index is -5.24. The van der Waals surface area contributed by atoms with Gasteiger partial charge in [-0.05, 0) is 17.5 Å². The zero-order valence-electron chi connectivity index (χ0n) is 18.6. The SMILES string of the molecule is CC(C)c1cc(OCC(=O)O)cc2c1C(=O)N(C(OP(=O)(O)O)(C(C)C)C(C)C)S2(=O)=O. The van der Waals surface area contributed by atoms with Crippen LogP contribution in [0.2, 0.25) is 0 Å². The van der Waals surface area contributed by atoms with E-state index in [1.54, 1.807) is 13.8 Å². The minimum Gasteiger partial charge on any atom is -0.482 e. The van der Waals surface area contributed by atoms with Crippen molar-refractivity contribution in [3.8, 4) is 5.75 Å².